The van der Waals surface area contributed by atoms with Crippen LogP contribution < -0.4 is 5.43 Å². The molecule has 1 aromatic rings. The number of nitro benzene ring substituents is 1. The van der Waals surface area contributed by atoms with Crippen LogP contribution in [-0.4, -0.2) is 16.5 Å². The Hall–Kier alpha value is -2.24. The molecule has 0 fully saturated rings. The maximum absolute atomic E-state index is 12.0. The molecular formula is C16H23N3O3. The Kier molecular flexibility index (Phi) is 7.81. The molecule has 6 nitrogen and oxygen atoms in total. The minimum Gasteiger partial charge on any atom is -0.267 e. The molecule has 1 N–H and O–H groups in total. The lowest BCUT2D eigenvalue weighted by atomic mass is 10.1. The predicted octanol–water partition coefficient (Wildman–Crippen LogP) is 4.06. The number of hydrazone groups is 1. The molecule has 0 unspecified atom stereocenters. The molecule has 1 amide bonds. The van der Waals surface area contributed by atoms with E-state index < -0.39 is 4.92 Å². The number of benzene rings is 1. The molecule has 6 heteroatoms. The number of hydrogen-bond donors (Lipinski definition) is 1. The van der Waals surface area contributed by atoms with Crippen molar-refractivity contribution in [3.05, 3.63) is 39.9 Å². The van der Waals surface area contributed by atoms with E-state index in [1.54, 1.807) is 0 Å². The van der Waals surface area contributed by atoms with Gasteiger partial charge in [-0.15, -0.1) is 0 Å². The van der Waals surface area contributed by atoms with E-state index in [9.17, 15) is 14.9 Å². The van der Waals surface area contributed by atoms with Crippen molar-refractivity contribution >= 4 is 17.3 Å². The first-order chi connectivity index (χ1) is 10.6. The number of carbonyl (C=O) groups is 1. The summed E-state index contributed by atoms with van der Waals surface area (Å²) in [5.41, 5.74) is 3.87. The van der Waals surface area contributed by atoms with Crippen molar-refractivity contribution in [2.75, 3.05) is 0 Å². The quantitative estimate of drug-likeness (QED) is 0.424. The molecule has 120 valence electrons. The standard InChI is InChI=1S/C16H23N3O3/c1-3-5-7-14(8-6-4-2)17-18-16(20)13-9-11-15(12-10-13)19(21)22/h9-12H,3-8H2,1-2H3,(H,18,20). The maximum Gasteiger partial charge on any atom is 0.271 e. The average Bonchev–Trinajstić information content (AvgIpc) is 2.54. The van der Waals surface area contributed by atoms with Crippen LogP contribution in [0.1, 0.15) is 62.7 Å². The molecule has 1 aromatic carbocycles. The topological polar surface area (TPSA) is 84.6 Å². The largest absolute Gasteiger partial charge is 0.271 e. The van der Waals surface area contributed by atoms with Crippen LogP contribution in [0.5, 0.6) is 0 Å². The molecule has 0 bridgehead atoms. The van der Waals surface area contributed by atoms with Gasteiger partial charge in [-0.05, 0) is 37.8 Å². The molecule has 0 aromatic heterocycles. The van der Waals surface area contributed by atoms with Crippen molar-refractivity contribution in [1.82, 2.24) is 5.43 Å². The number of nitro groups is 1. The highest BCUT2D eigenvalue weighted by Crippen LogP contribution is 2.12. The second kappa shape index (κ2) is 9.65. The van der Waals surface area contributed by atoms with Crippen LogP contribution in [0.2, 0.25) is 0 Å². The van der Waals surface area contributed by atoms with Crippen LogP contribution in [0.4, 0.5) is 5.69 Å². The van der Waals surface area contributed by atoms with Crippen LogP contribution in [0.25, 0.3) is 0 Å². The first kappa shape index (κ1) is 17.8. The zero-order chi connectivity index (χ0) is 16.4. The zero-order valence-corrected chi connectivity index (χ0v) is 13.2. The molecule has 0 radical (unpaired) electrons. The lowest BCUT2D eigenvalue weighted by Gasteiger charge is -2.06. The number of hydrogen-bond acceptors (Lipinski definition) is 4. The Morgan fingerprint density at radius 2 is 1.68 bits per heavy atom. The van der Waals surface area contributed by atoms with Crippen LogP contribution in [0, 0.1) is 10.1 Å². The molecule has 0 aliphatic heterocycles. The molecule has 0 heterocycles. The van der Waals surface area contributed by atoms with Gasteiger partial charge in [-0.1, -0.05) is 26.7 Å². The molecule has 0 spiro atoms. The van der Waals surface area contributed by atoms with E-state index in [0.717, 1.165) is 44.2 Å². The van der Waals surface area contributed by atoms with Crippen molar-refractivity contribution in [3.8, 4) is 0 Å². The van der Waals surface area contributed by atoms with E-state index in [1.807, 2.05) is 0 Å². The predicted molar refractivity (Wildman–Crippen MR) is 87.0 cm³/mol. The molecule has 0 saturated heterocycles. The van der Waals surface area contributed by atoms with E-state index in [2.05, 4.69) is 24.4 Å². The minimum absolute atomic E-state index is 0.0355. The van der Waals surface area contributed by atoms with Gasteiger partial charge in [0.1, 0.15) is 0 Å². The molecule has 22 heavy (non-hydrogen) atoms. The summed E-state index contributed by atoms with van der Waals surface area (Å²) in [5, 5.41) is 14.8. The summed E-state index contributed by atoms with van der Waals surface area (Å²) in [6.45, 7) is 4.24. The van der Waals surface area contributed by atoms with Gasteiger partial charge in [0.25, 0.3) is 11.6 Å². The molecule has 0 saturated carbocycles. The van der Waals surface area contributed by atoms with Crippen molar-refractivity contribution in [3.63, 3.8) is 0 Å². The van der Waals surface area contributed by atoms with E-state index in [4.69, 9.17) is 0 Å². The number of rotatable bonds is 9. The summed E-state index contributed by atoms with van der Waals surface area (Å²) in [4.78, 5) is 22.1. The van der Waals surface area contributed by atoms with Crippen LogP contribution >= 0.6 is 0 Å². The summed E-state index contributed by atoms with van der Waals surface area (Å²) < 4.78 is 0. The number of unbranched alkanes of at least 4 members (excludes halogenated alkanes) is 2. The van der Waals surface area contributed by atoms with Gasteiger partial charge >= 0.3 is 0 Å². The van der Waals surface area contributed by atoms with E-state index in [-0.39, 0.29) is 11.6 Å². The highest BCUT2D eigenvalue weighted by atomic mass is 16.6. The average molecular weight is 305 g/mol. The summed E-state index contributed by atoms with van der Waals surface area (Å²) >= 11 is 0. The van der Waals surface area contributed by atoms with Gasteiger partial charge in [0.15, 0.2) is 0 Å². The van der Waals surface area contributed by atoms with E-state index in [0.29, 0.717) is 5.56 Å². The summed E-state index contributed by atoms with van der Waals surface area (Å²) in [5.74, 6) is -0.347. The van der Waals surface area contributed by atoms with Crippen molar-refractivity contribution < 1.29 is 9.72 Å². The Morgan fingerprint density at radius 1 is 1.14 bits per heavy atom. The first-order valence-electron chi connectivity index (χ1n) is 7.68. The normalized spacial score (nSPS) is 10.1. The second-order valence-corrected chi connectivity index (χ2v) is 5.13. The summed E-state index contributed by atoms with van der Waals surface area (Å²) in [7, 11) is 0. The second-order valence-electron chi connectivity index (χ2n) is 5.13. The third-order valence-corrected chi connectivity index (χ3v) is 3.29. The maximum atomic E-state index is 12.0. The molecule has 0 aliphatic rings. The smallest absolute Gasteiger partial charge is 0.267 e. The van der Waals surface area contributed by atoms with Gasteiger partial charge in [0.05, 0.1) is 4.92 Å². The van der Waals surface area contributed by atoms with Crippen molar-refractivity contribution in [1.29, 1.82) is 0 Å². The Balaban J connectivity index is 2.67. The third kappa shape index (κ3) is 6.03. The van der Waals surface area contributed by atoms with Crippen molar-refractivity contribution in [2.24, 2.45) is 5.10 Å². The van der Waals surface area contributed by atoms with Gasteiger partial charge in [0, 0.05) is 23.4 Å². The minimum atomic E-state index is -0.493. The van der Waals surface area contributed by atoms with Gasteiger partial charge < -0.3 is 0 Å². The highest BCUT2D eigenvalue weighted by Gasteiger charge is 2.09. The molecular weight excluding hydrogens is 282 g/mol. The van der Waals surface area contributed by atoms with Gasteiger partial charge in [-0.2, -0.15) is 5.10 Å². The van der Waals surface area contributed by atoms with Gasteiger partial charge in [-0.25, -0.2) is 5.43 Å². The fraction of sp³-hybridized carbons (Fsp3) is 0.500. The van der Waals surface area contributed by atoms with E-state index in [1.165, 1.54) is 24.3 Å². The number of amides is 1. The van der Waals surface area contributed by atoms with Crippen LogP contribution in [0.3, 0.4) is 0 Å². The van der Waals surface area contributed by atoms with Crippen molar-refractivity contribution in [2.45, 2.75) is 52.4 Å². The van der Waals surface area contributed by atoms with E-state index >= 15 is 0 Å². The lowest BCUT2D eigenvalue weighted by molar-refractivity contribution is -0.384. The van der Waals surface area contributed by atoms with Gasteiger partial charge in [0.2, 0.25) is 0 Å². The number of nitrogens with zero attached hydrogens (tertiary/aromatic N) is 2. The number of carbonyl (C=O) groups excluding carboxylic acids is 1. The Labute approximate surface area is 130 Å². The highest BCUT2D eigenvalue weighted by molar-refractivity contribution is 5.95. The fourth-order valence-corrected chi connectivity index (χ4v) is 1.93. The Morgan fingerprint density at radius 3 is 2.14 bits per heavy atom. The first-order valence-corrected chi connectivity index (χ1v) is 7.68. The Bertz CT molecular complexity index is 514. The number of nitrogens with one attached hydrogen (secondary N) is 1. The molecule has 0 aliphatic carbocycles. The summed E-state index contributed by atoms with van der Waals surface area (Å²) in [6.07, 6.45) is 6.04. The number of non-ortho nitro benzene ring substituents is 1. The third-order valence-electron chi connectivity index (χ3n) is 3.29. The van der Waals surface area contributed by atoms with Crippen LogP contribution in [-0.2, 0) is 0 Å². The fourth-order valence-electron chi connectivity index (χ4n) is 1.93. The zero-order valence-electron chi connectivity index (χ0n) is 13.2. The lowest BCUT2D eigenvalue weighted by Crippen LogP contribution is -2.19. The van der Waals surface area contributed by atoms with Gasteiger partial charge in [-0.3, -0.25) is 14.9 Å². The summed E-state index contributed by atoms with van der Waals surface area (Å²) in [6, 6.07) is 5.49. The molecule has 0 atom stereocenters. The monoisotopic (exact) mass is 305 g/mol. The molecule has 1 rings (SSSR count). The van der Waals surface area contributed by atoms with Crippen LogP contribution in [0.15, 0.2) is 29.4 Å². The SMILES string of the molecule is CCCCC(CCCC)=NNC(=O)c1ccc([N+](=O)[O-])cc1.